The van der Waals surface area contributed by atoms with E-state index in [-0.39, 0.29) is 63.4 Å². The third-order valence-corrected chi connectivity index (χ3v) is 9.67. The summed E-state index contributed by atoms with van der Waals surface area (Å²) in [5.74, 6) is 1.15. The lowest BCUT2D eigenvalue weighted by Gasteiger charge is -2.37. The summed E-state index contributed by atoms with van der Waals surface area (Å²) in [5, 5.41) is 11.5. The van der Waals surface area contributed by atoms with Gasteiger partial charge >= 0.3 is 6.01 Å². The van der Waals surface area contributed by atoms with E-state index in [1.165, 1.54) is 24.3 Å². The van der Waals surface area contributed by atoms with Gasteiger partial charge in [-0.2, -0.15) is 9.97 Å². The van der Waals surface area contributed by atoms with Gasteiger partial charge in [0.25, 0.3) is 0 Å². The smallest absolute Gasteiger partial charge is 0.319 e. The zero-order valence-electron chi connectivity index (χ0n) is 24.5. The fourth-order valence-corrected chi connectivity index (χ4v) is 7.57. The van der Waals surface area contributed by atoms with E-state index in [0.717, 1.165) is 19.4 Å². The van der Waals surface area contributed by atoms with E-state index < -0.39 is 29.4 Å². The van der Waals surface area contributed by atoms with Crippen LogP contribution in [0.5, 0.6) is 17.6 Å². The van der Waals surface area contributed by atoms with Crippen LogP contribution in [-0.4, -0.2) is 88.3 Å². The number of phenolic OH excluding ortho intramolecular Hbond substituents is 1. The first-order valence-electron chi connectivity index (χ1n) is 15.1. The second-order valence-electron chi connectivity index (χ2n) is 12.3. The lowest BCUT2D eigenvalue weighted by atomic mass is 9.95. The molecule has 0 radical (unpaired) electrons. The third kappa shape index (κ3) is 4.35. The number of fused-ring (bicyclic) bond motifs is 4. The molecule has 1 N–H and O–H groups in total. The molecule has 4 atom stereocenters. The number of hydrogen-bond acceptors (Lipinski definition) is 9. The average Bonchev–Trinajstić information content (AvgIpc) is 3.52. The second-order valence-corrected chi connectivity index (χ2v) is 12.3. The summed E-state index contributed by atoms with van der Waals surface area (Å²) in [4.78, 5) is 18.1. The second kappa shape index (κ2) is 10.4. The first-order chi connectivity index (χ1) is 21.8. The number of alkyl halides is 1. The predicted molar refractivity (Wildman–Crippen MR) is 160 cm³/mol. The van der Waals surface area contributed by atoms with Crippen LogP contribution in [0.3, 0.4) is 0 Å². The Hall–Kier alpha value is -4.34. The molecule has 12 heteroatoms. The Balaban J connectivity index is 1.35. The molecule has 6 heterocycles. The van der Waals surface area contributed by atoms with Gasteiger partial charge in [0.2, 0.25) is 5.88 Å². The van der Waals surface area contributed by atoms with E-state index in [9.17, 15) is 13.9 Å². The summed E-state index contributed by atoms with van der Waals surface area (Å²) in [7, 11) is 0. The molecule has 0 aliphatic carbocycles. The molecule has 9 nitrogen and oxygen atoms in total. The van der Waals surface area contributed by atoms with Crippen molar-refractivity contribution in [1.29, 1.82) is 0 Å². The Labute approximate surface area is 256 Å². The summed E-state index contributed by atoms with van der Waals surface area (Å²) < 4.78 is 64.6. The number of benzene rings is 2. The molecule has 4 aliphatic rings. The molecule has 45 heavy (non-hydrogen) atoms. The number of morpholine rings is 1. The Morgan fingerprint density at radius 2 is 2.04 bits per heavy atom. The monoisotopic (exact) mass is 617 g/mol. The number of rotatable bonds is 4. The van der Waals surface area contributed by atoms with Crippen molar-refractivity contribution in [1.82, 2.24) is 19.9 Å². The number of ether oxygens (including phenoxy) is 3. The van der Waals surface area contributed by atoms with Crippen LogP contribution >= 0.6 is 0 Å². The minimum absolute atomic E-state index is 0.0565. The molecule has 2 aromatic heterocycles. The molecule has 0 spiro atoms. The van der Waals surface area contributed by atoms with E-state index in [1.807, 2.05) is 11.8 Å². The molecule has 0 unspecified atom stereocenters. The van der Waals surface area contributed by atoms with E-state index >= 15 is 4.39 Å². The summed E-state index contributed by atoms with van der Waals surface area (Å²) >= 11 is 0. The van der Waals surface area contributed by atoms with Crippen molar-refractivity contribution in [2.75, 3.05) is 44.4 Å². The third-order valence-electron chi connectivity index (χ3n) is 9.67. The van der Waals surface area contributed by atoms with Crippen LogP contribution in [0.15, 0.2) is 24.3 Å². The Morgan fingerprint density at radius 1 is 1.18 bits per heavy atom. The normalized spacial score (nSPS) is 25.9. The molecule has 0 saturated carbocycles. The van der Waals surface area contributed by atoms with Crippen molar-refractivity contribution >= 4 is 27.5 Å². The van der Waals surface area contributed by atoms with Crippen molar-refractivity contribution in [3.05, 3.63) is 41.5 Å². The highest BCUT2D eigenvalue weighted by atomic mass is 19.1. The van der Waals surface area contributed by atoms with Crippen LogP contribution in [0.4, 0.5) is 19.0 Å². The van der Waals surface area contributed by atoms with Crippen molar-refractivity contribution in [2.45, 2.75) is 50.0 Å². The molecule has 232 valence electrons. The van der Waals surface area contributed by atoms with E-state index in [2.05, 4.69) is 20.8 Å². The van der Waals surface area contributed by atoms with Crippen molar-refractivity contribution < 1.29 is 32.5 Å². The highest BCUT2D eigenvalue weighted by Gasteiger charge is 2.49. The number of halogens is 3. The molecular weight excluding hydrogens is 587 g/mol. The molecule has 0 amide bonds. The number of aromatic hydroxyl groups is 1. The standard InChI is InChI=1S/C33H30F3N5O4/c1-3-21-23(35)6-5-18-11-20(42)12-22(25(18)21)28-27(36)29-26-30(41-9-10-43-15-24(41)17(2)45-31(26)37-28)39-32(38-29)44-16-33-7-4-8-40(33)14-19(34)13-33/h1,5-6,11-12,17,19,24,42H,4,7-10,13-16H2,2H3/t17-,19+,24-,33-/m0/s1. The largest absolute Gasteiger partial charge is 0.508 e. The average molecular weight is 618 g/mol. The molecule has 0 bridgehead atoms. The van der Waals surface area contributed by atoms with Gasteiger partial charge < -0.3 is 24.2 Å². The van der Waals surface area contributed by atoms with Crippen molar-refractivity contribution in [2.24, 2.45) is 0 Å². The minimum Gasteiger partial charge on any atom is -0.508 e. The SMILES string of the molecule is C#Cc1c(F)ccc2cc(O)cc(-c3nc4c5c(nc(OC[C@@]67CCCN6C[C@H](F)C7)nc5c3F)N3CCOC[C@H]3[C@H](C)O4)c12. The molecule has 3 fully saturated rings. The highest BCUT2D eigenvalue weighted by Crippen LogP contribution is 2.45. The van der Waals surface area contributed by atoms with Gasteiger partial charge in [0.1, 0.15) is 52.9 Å². The van der Waals surface area contributed by atoms with Crippen molar-refractivity contribution in [3.8, 4) is 41.2 Å². The van der Waals surface area contributed by atoms with Crippen LogP contribution < -0.4 is 14.4 Å². The zero-order chi connectivity index (χ0) is 31.0. The topological polar surface area (TPSA) is 93.1 Å². The first-order valence-corrected chi connectivity index (χ1v) is 15.1. The van der Waals surface area contributed by atoms with Gasteiger partial charge in [-0.15, -0.1) is 6.42 Å². The fourth-order valence-electron chi connectivity index (χ4n) is 7.57. The van der Waals surface area contributed by atoms with E-state index in [1.54, 1.807) is 0 Å². The quantitative estimate of drug-likeness (QED) is 0.326. The number of nitrogens with zero attached hydrogens (tertiary/aromatic N) is 5. The summed E-state index contributed by atoms with van der Waals surface area (Å²) in [5.41, 5.74) is -0.809. The summed E-state index contributed by atoms with van der Waals surface area (Å²) in [6, 6.07) is 5.06. The lowest BCUT2D eigenvalue weighted by Crippen LogP contribution is -2.52. The van der Waals surface area contributed by atoms with E-state index in [4.69, 9.17) is 25.6 Å². The number of hydrogen-bond donors (Lipinski definition) is 1. The maximum absolute atomic E-state index is 16.9. The summed E-state index contributed by atoms with van der Waals surface area (Å²) in [6.07, 6.45) is 6.40. The maximum Gasteiger partial charge on any atom is 0.319 e. The highest BCUT2D eigenvalue weighted by molar-refractivity contribution is 6.04. The number of pyridine rings is 1. The maximum atomic E-state index is 16.9. The van der Waals surface area contributed by atoms with Crippen LogP contribution in [0.2, 0.25) is 0 Å². The number of anilines is 1. The van der Waals surface area contributed by atoms with Gasteiger partial charge in [-0.25, -0.2) is 18.2 Å². The van der Waals surface area contributed by atoms with E-state index in [0.29, 0.717) is 43.9 Å². The van der Waals surface area contributed by atoms with Crippen LogP contribution in [-0.2, 0) is 4.74 Å². The predicted octanol–water partition coefficient (Wildman–Crippen LogP) is 4.75. The number of terminal acetylenes is 1. The van der Waals surface area contributed by atoms with Gasteiger partial charge in [0.05, 0.1) is 30.4 Å². The molecule has 3 saturated heterocycles. The first kappa shape index (κ1) is 28.2. The molecule has 4 aromatic rings. The molecule has 2 aromatic carbocycles. The Bertz CT molecular complexity index is 1920. The van der Waals surface area contributed by atoms with Crippen LogP contribution in [0.25, 0.3) is 32.9 Å². The molecule has 8 rings (SSSR count). The van der Waals surface area contributed by atoms with Crippen LogP contribution in [0.1, 0.15) is 31.7 Å². The van der Waals surface area contributed by atoms with Gasteiger partial charge in [0, 0.05) is 30.5 Å². The molecule has 4 aliphatic heterocycles. The minimum atomic E-state index is -0.938. The summed E-state index contributed by atoms with van der Waals surface area (Å²) in [6.45, 7) is 4.44. The van der Waals surface area contributed by atoms with Gasteiger partial charge in [-0.05, 0) is 49.9 Å². The lowest BCUT2D eigenvalue weighted by molar-refractivity contribution is 0.0523. The molecular formula is C33H30F3N5O4. The fraction of sp³-hybridized carbons (Fsp3) is 0.424. The van der Waals surface area contributed by atoms with Gasteiger partial charge in [-0.3, -0.25) is 4.90 Å². The van der Waals surface area contributed by atoms with Crippen LogP contribution in [0, 0.1) is 24.0 Å². The number of aromatic nitrogens is 3. The van der Waals surface area contributed by atoms with Crippen molar-refractivity contribution in [3.63, 3.8) is 0 Å². The Morgan fingerprint density at radius 3 is 2.89 bits per heavy atom. The Kier molecular flexibility index (Phi) is 6.48. The number of phenols is 1. The van der Waals surface area contributed by atoms with Gasteiger partial charge in [0.15, 0.2) is 5.82 Å². The zero-order valence-corrected chi connectivity index (χ0v) is 24.5. The van der Waals surface area contributed by atoms with Gasteiger partial charge in [-0.1, -0.05) is 12.0 Å².